The van der Waals surface area contributed by atoms with Gasteiger partial charge in [0.25, 0.3) is 0 Å². The molecule has 0 saturated carbocycles. The van der Waals surface area contributed by atoms with Crippen LogP contribution in [0.3, 0.4) is 0 Å². The minimum Gasteiger partial charge on any atom is -0.325 e. The van der Waals surface area contributed by atoms with E-state index in [0.29, 0.717) is 11.3 Å². The first kappa shape index (κ1) is 14.9. The zero-order chi connectivity index (χ0) is 14.8. The number of rotatable bonds is 4. The first-order valence-corrected chi connectivity index (χ1v) is 7.77. The highest BCUT2D eigenvalue weighted by atomic mass is 35.5. The highest BCUT2D eigenvalue weighted by Crippen LogP contribution is 2.22. The van der Waals surface area contributed by atoms with Crippen LogP contribution in [0.25, 0.3) is 0 Å². The largest absolute Gasteiger partial charge is 0.325 e. The lowest BCUT2D eigenvalue weighted by molar-refractivity contribution is 0.594. The summed E-state index contributed by atoms with van der Waals surface area (Å²) in [7, 11) is -3.60. The van der Waals surface area contributed by atoms with Gasteiger partial charge in [-0.15, -0.1) is 0 Å². The highest BCUT2D eigenvalue weighted by Gasteiger charge is 2.17. The third kappa shape index (κ3) is 3.33. The lowest BCUT2D eigenvalue weighted by Gasteiger charge is -2.06. The van der Waals surface area contributed by atoms with Gasteiger partial charge in [-0.2, -0.15) is 0 Å². The van der Waals surface area contributed by atoms with Crippen molar-refractivity contribution < 1.29 is 12.8 Å². The van der Waals surface area contributed by atoms with Gasteiger partial charge in [0.05, 0.1) is 21.4 Å². The number of sulfone groups is 1. The van der Waals surface area contributed by atoms with Crippen LogP contribution < -0.4 is 5.73 Å². The first-order chi connectivity index (χ1) is 9.42. The summed E-state index contributed by atoms with van der Waals surface area (Å²) in [6, 6.07) is 6.57. The smallest absolute Gasteiger partial charge is 0.182 e. The van der Waals surface area contributed by atoms with Crippen LogP contribution in [0.5, 0.6) is 0 Å². The van der Waals surface area contributed by atoms with Crippen molar-refractivity contribution in [2.24, 2.45) is 5.73 Å². The summed E-state index contributed by atoms with van der Waals surface area (Å²) in [5.41, 5.74) is 6.64. The van der Waals surface area contributed by atoms with Crippen molar-refractivity contribution in [2.45, 2.75) is 17.2 Å². The Morgan fingerprint density at radius 2 is 2.00 bits per heavy atom. The quantitative estimate of drug-likeness (QED) is 0.879. The second-order valence-electron chi connectivity index (χ2n) is 4.19. The third-order valence-corrected chi connectivity index (χ3v) is 4.67. The van der Waals surface area contributed by atoms with E-state index in [2.05, 4.69) is 4.98 Å². The molecule has 4 nitrogen and oxygen atoms in total. The topological polar surface area (TPSA) is 73.1 Å². The van der Waals surface area contributed by atoms with E-state index in [4.69, 9.17) is 17.3 Å². The van der Waals surface area contributed by atoms with E-state index in [0.717, 1.165) is 12.1 Å². The van der Waals surface area contributed by atoms with Crippen molar-refractivity contribution in [3.63, 3.8) is 0 Å². The summed E-state index contributed by atoms with van der Waals surface area (Å²) in [5, 5.41) is -0.219. The molecule has 0 spiro atoms. The molecule has 106 valence electrons. The Kier molecular flexibility index (Phi) is 4.37. The van der Waals surface area contributed by atoms with E-state index in [-0.39, 0.29) is 22.2 Å². The molecule has 0 radical (unpaired) electrons. The predicted octanol–water partition coefficient (Wildman–Crippen LogP) is 2.31. The molecule has 1 heterocycles. The van der Waals surface area contributed by atoms with Crippen LogP contribution in [0.4, 0.5) is 4.39 Å². The van der Waals surface area contributed by atoms with E-state index in [9.17, 15) is 12.8 Å². The average Bonchev–Trinajstić information content (AvgIpc) is 2.41. The molecular formula is C13H12ClFN2O2S. The molecule has 1 aromatic carbocycles. The molecule has 0 aliphatic heterocycles. The summed E-state index contributed by atoms with van der Waals surface area (Å²) in [5.74, 6) is -0.871. The summed E-state index contributed by atoms with van der Waals surface area (Å²) < 4.78 is 37.5. The van der Waals surface area contributed by atoms with Gasteiger partial charge in [-0.3, -0.25) is 4.98 Å². The number of halogens is 2. The molecular weight excluding hydrogens is 303 g/mol. The molecule has 0 bridgehead atoms. The van der Waals surface area contributed by atoms with Crippen LogP contribution in [0.1, 0.15) is 11.3 Å². The van der Waals surface area contributed by atoms with Crippen molar-refractivity contribution in [1.82, 2.24) is 4.98 Å². The van der Waals surface area contributed by atoms with E-state index < -0.39 is 15.7 Å². The van der Waals surface area contributed by atoms with E-state index >= 15 is 0 Å². The van der Waals surface area contributed by atoms with E-state index in [1.54, 1.807) is 12.1 Å². The minimum absolute atomic E-state index is 0.0185. The van der Waals surface area contributed by atoms with Crippen LogP contribution in [0.15, 0.2) is 41.4 Å². The highest BCUT2D eigenvalue weighted by molar-refractivity contribution is 7.90. The summed E-state index contributed by atoms with van der Waals surface area (Å²) >= 11 is 5.60. The summed E-state index contributed by atoms with van der Waals surface area (Å²) in [6.45, 7) is 0.232. The fraction of sp³-hybridized carbons (Fsp3) is 0.154. The van der Waals surface area contributed by atoms with Crippen molar-refractivity contribution in [3.05, 3.63) is 58.6 Å². The Labute approximate surface area is 121 Å². The Hall–Kier alpha value is -1.50. The number of hydrogen-bond donors (Lipinski definition) is 1. The lowest BCUT2D eigenvalue weighted by Crippen LogP contribution is -2.07. The minimum atomic E-state index is -3.60. The molecule has 7 heteroatoms. The number of aromatic nitrogens is 1. The Bertz CT molecular complexity index is 735. The first-order valence-electron chi connectivity index (χ1n) is 5.74. The maximum absolute atomic E-state index is 13.1. The van der Waals surface area contributed by atoms with E-state index in [1.807, 2.05) is 0 Å². The summed E-state index contributed by atoms with van der Waals surface area (Å²) in [6.07, 6.45) is 1.50. The van der Waals surface area contributed by atoms with Crippen molar-refractivity contribution >= 4 is 21.4 Å². The van der Waals surface area contributed by atoms with Crippen LogP contribution in [-0.2, 0) is 22.1 Å². The molecule has 2 rings (SSSR count). The standard InChI is InChI=1S/C13H12ClFN2O2S/c14-12-6-11(1-2-13(12)15)20(18,19)8-9-3-4-17-10(5-9)7-16/h1-6H,7-8,16H2. The maximum Gasteiger partial charge on any atom is 0.182 e. The van der Waals surface area contributed by atoms with Gasteiger partial charge in [-0.25, -0.2) is 12.8 Å². The zero-order valence-corrected chi connectivity index (χ0v) is 12.0. The summed E-state index contributed by atoms with van der Waals surface area (Å²) in [4.78, 5) is 3.98. The van der Waals surface area contributed by atoms with Crippen LogP contribution in [0, 0.1) is 5.82 Å². The lowest BCUT2D eigenvalue weighted by atomic mass is 10.2. The molecule has 0 aliphatic carbocycles. The molecule has 0 aliphatic rings. The Morgan fingerprint density at radius 1 is 1.25 bits per heavy atom. The van der Waals surface area contributed by atoms with Gasteiger partial charge >= 0.3 is 0 Å². The number of hydrogen-bond acceptors (Lipinski definition) is 4. The number of pyridine rings is 1. The molecule has 0 amide bonds. The fourth-order valence-electron chi connectivity index (χ4n) is 1.70. The van der Waals surface area contributed by atoms with Gasteiger partial charge < -0.3 is 5.73 Å². The van der Waals surface area contributed by atoms with Gasteiger partial charge in [0.1, 0.15) is 5.82 Å². The van der Waals surface area contributed by atoms with Gasteiger partial charge in [0.2, 0.25) is 0 Å². The Morgan fingerprint density at radius 3 is 2.65 bits per heavy atom. The van der Waals surface area contributed by atoms with Crippen LogP contribution >= 0.6 is 11.6 Å². The fourth-order valence-corrected chi connectivity index (χ4v) is 3.31. The maximum atomic E-state index is 13.1. The molecule has 0 fully saturated rings. The van der Waals surface area contributed by atoms with Gasteiger partial charge in [0, 0.05) is 12.7 Å². The van der Waals surface area contributed by atoms with Gasteiger partial charge in [0.15, 0.2) is 9.84 Å². The van der Waals surface area contributed by atoms with Gasteiger partial charge in [-0.1, -0.05) is 11.6 Å². The second kappa shape index (κ2) is 5.87. The normalized spacial score (nSPS) is 11.6. The third-order valence-electron chi connectivity index (χ3n) is 2.70. The second-order valence-corrected chi connectivity index (χ2v) is 6.59. The zero-order valence-electron chi connectivity index (χ0n) is 10.4. The SMILES string of the molecule is NCc1cc(CS(=O)(=O)c2ccc(F)c(Cl)c2)ccn1. The molecule has 2 N–H and O–H groups in total. The Balaban J connectivity index is 2.32. The molecule has 0 unspecified atom stereocenters. The molecule has 2 aromatic rings. The molecule has 0 atom stereocenters. The molecule has 0 saturated heterocycles. The predicted molar refractivity (Wildman–Crippen MR) is 74.4 cm³/mol. The molecule has 1 aromatic heterocycles. The number of nitrogens with two attached hydrogens (primary N) is 1. The van der Waals surface area contributed by atoms with Crippen LogP contribution in [-0.4, -0.2) is 13.4 Å². The van der Waals surface area contributed by atoms with Crippen LogP contribution in [0.2, 0.25) is 5.02 Å². The monoisotopic (exact) mass is 314 g/mol. The van der Waals surface area contributed by atoms with Crippen molar-refractivity contribution in [3.8, 4) is 0 Å². The average molecular weight is 315 g/mol. The molecule has 20 heavy (non-hydrogen) atoms. The number of benzene rings is 1. The van der Waals surface area contributed by atoms with Gasteiger partial charge in [-0.05, 0) is 35.9 Å². The number of nitrogens with zero attached hydrogens (tertiary/aromatic N) is 1. The van der Waals surface area contributed by atoms with Crippen molar-refractivity contribution in [1.29, 1.82) is 0 Å². The van der Waals surface area contributed by atoms with Crippen molar-refractivity contribution in [2.75, 3.05) is 0 Å². The van der Waals surface area contributed by atoms with E-state index in [1.165, 1.54) is 12.3 Å².